The standard InChI is InChI=1S/C36H40ClFN6O4/c1-35(2,3)48-34(46)44-22-9-10-23(44)19-42(18-22)32-26-17-39-30(25-16-24(45)15-21-7-4-8-27(37)28(21)25)29(38)31(26)40-33(41-32)47-20-36-11-5-13-43(36)14-6-12-36/h4,7-8,15-17,22-23,45H,5-6,9-14,18-20H2,1-3H3/t22-,23+. The van der Waals surface area contributed by atoms with E-state index >= 15 is 4.39 Å². The first-order valence-corrected chi connectivity index (χ1v) is 17.3. The molecule has 4 aliphatic rings. The Morgan fingerprint density at radius 2 is 1.83 bits per heavy atom. The van der Waals surface area contributed by atoms with Crippen LogP contribution < -0.4 is 9.64 Å². The lowest BCUT2D eigenvalue weighted by molar-refractivity contribution is 0.0122. The molecule has 48 heavy (non-hydrogen) atoms. The molecule has 0 unspecified atom stereocenters. The van der Waals surface area contributed by atoms with Crippen molar-refractivity contribution in [2.45, 2.75) is 82.5 Å². The Bertz CT molecular complexity index is 1910. The van der Waals surface area contributed by atoms with Crippen molar-refractivity contribution >= 4 is 45.2 Å². The molecule has 2 bridgehead atoms. The number of phenols is 1. The van der Waals surface area contributed by atoms with Crippen molar-refractivity contribution in [3.05, 3.63) is 47.4 Å². The van der Waals surface area contributed by atoms with Crippen LogP contribution in [0.5, 0.6) is 11.8 Å². The van der Waals surface area contributed by atoms with Gasteiger partial charge < -0.3 is 19.5 Å². The molecule has 6 heterocycles. The van der Waals surface area contributed by atoms with Crippen molar-refractivity contribution in [2.24, 2.45) is 0 Å². The molecule has 4 fully saturated rings. The molecular weight excluding hydrogens is 635 g/mol. The average Bonchev–Trinajstić information content (AvgIpc) is 3.69. The molecule has 4 saturated heterocycles. The van der Waals surface area contributed by atoms with Gasteiger partial charge >= 0.3 is 12.1 Å². The van der Waals surface area contributed by atoms with Crippen LogP contribution in [0.4, 0.5) is 15.0 Å². The molecule has 1 N–H and O–H groups in total. The smallest absolute Gasteiger partial charge is 0.410 e. The molecule has 0 spiro atoms. The zero-order valence-corrected chi connectivity index (χ0v) is 28.3. The van der Waals surface area contributed by atoms with Crippen LogP contribution in [0.1, 0.15) is 59.3 Å². The number of piperazine rings is 1. The van der Waals surface area contributed by atoms with E-state index in [1.807, 2.05) is 31.7 Å². The van der Waals surface area contributed by atoms with Gasteiger partial charge in [0.05, 0.1) is 23.0 Å². The highest BCUT2D eigenvalue weighted by atomic mass is 35.5. The number of ether oxygens (including phenoxy) is 2. The second-order valence-corrected chi connectivity index (χ2v) is 15.1. The Hall–Kier alpha value is -3.96. The summed E-state index contributed by atoms with van der Waals surface area (Å²) >= 11 is 6.61. The van der Waals surface area contributed by atoms with Crippen LogP contribution in [0.15, 0.2) is 36.5 Å². The number of phenolic OH excluding ortho intramolecular Hbond substituents is 1. The molecule has 0 radical (unpaired) electrons. The van der Waals surface area contributed by atoms with Gasteiger partial charge in [0.25, 0.3) is 0 Å². The number of rotatable bonds is 5. The molecule has 0 saturated carbocycles. The van der Waals surface area contributed by atoms with Gasteiger partial charge in [0.2, 0.25) is 0 Å². The van der Waals surface area contributed by atoms with E-state index in [0.29, 0.717) is 52.3 Å². The van der Waals surface area contributed by atoms with Crippen LogP contribution in [0.2, 0.25) is 5.02 Å². The van der Waals surface area contributed by atoms with Gasteiger partial charge in [0.15, 0.2) is 5.82 Å². The Morgan fingerprint density at radius 1 is 1.10 bits per heavy atom. The number of carbonyl (C=O) groups excluding carboxylic acids is 1. The van der Waals surface area contributed by atoms with E-state index < -0.39 is 11.4 Å². The SMILES string of the molecule is CC(C)(C)OC(=O)N1[C@@H]2CC[C@H]1CN(c1nc(OCC34CCCN3CCC4)nc3c(F)c(-c4cc(O)cc5cccc(Cl)c45)ncc13)C2. The van der Waals surface area contributed by atoms with Gasteiger partial charge in [-0.3, -0.25) is 14.8 Å². The predicted molar refractivity (Wildman–Crippen MR) is 182 cm³/mol. The summed E-state index contributed by atoms with van der Waals surface area (Å²) in [6.07, 6.45) is 7.33. The van der Waals surface area contributed by atoms with Crippen LogP contribution in [-0.4, -0.2) is 92.0 Å². The molecule has 12 heteroatoms. The minimum absolute atomic E-state index is 0.0243. The summed E-state index contributed by atoms with van der Waals surface area (Å²) in [6.45, 7) is 9.18. The van der Waals surface area contributed by atoms with Crippen LogP contribution in [-0.2, 0) is 4.74 Å². The number of aromatic hydroxyl groups is 1. The van der Waals surface area contributed by atoms with Gasteiger partial charge in [0.1, 0.15) is 35.0 Å². The summed E-state index contributed by atoms with van der Waals surface area (Å²) in [7, 11) is 0. The van der Waals surface area contributed by atoms with E-state index in [1.165, 1.54) is 6.07 Å². The number of aromatic nitrogens is 3. The molecule has 0 aliphatic carbocycles. The van der Waals surface area contributed by atoms with Gasteiger partial charge in [-0.25, -0.2) is 9.18 Å². The Morgan fingerprint density at radius 3 is 2.54 bits per heavy atom. The van der Waals surface area contributed by atoms with E-state index in [1.54, 1.807) is 24.4 Å². The summed E-state index contributed by atoms with van der Waals surface area (Å²) in [6, 6.07) is 8.37. The first-order chi connectivity index (χ1) is 23.0. The first kappa shape index (κ1) is 31.3. The fourth-order valence-corrected chi connectivity index (χ4v) is 8.70. The minimum atomic E-state index is -0.648. The van der Waals surface area contributed by atoms with E-state index in [9.17, 15) is 9.90 Å². The van der Waals surface area contributed by atoms with Gasteiger partial charge in [-0.15, -0.1) is 0 Å². The molecule has 1 amide bonds. The number of pyridine rings is 1. The second-order valence-electron chi connectivity index (χ2n) is 14.7. The summed E-state index contributed by atoms with van der Waals surface area (Å²) < 4.78 is 29.0. The molecule has 2 aromatic heterocycles. The highest BCUT2D eigenvalue weighted by molar-refractivity contribution is 6.36. The highest BCUT2D eigenvalue weighted by Gasteiger charge is 2.46. The second kappa shape index (κ2) is 11.6. The van der Waals surface area contributed by atoms with Crippen molar-refractivity contribution < 1.29 is 23.8 Å². The molecule has 4 aromatic rings. The summed E-state index contributed by atoms with van der Waals surface area (Å²) in [5, 5.41) is 12.7. The zero-order valence-electron chi connectivity index (χ0n) is 27.5. The van der Waals surface area contributed by atoms with Crippen molar-refractivity contribution in [2.75, 3.05) is 37.7 Å². The number of anilines is 1. The maximum Gasteiger partial charge on any atom is 0.410 e. The molecule has 2 atom stereocenters. The largest absolute Gasteiger partial charge is 0.508 e. The number of halogens is 2. The maximum atomic E-state index is 16.9. The normalized spacial score (nSPS) is 22.1. The highest BCUT2D eigenvalue weighted by Crippen LogP contribution is 2.42. The number of carbonyl (C=O) groups is 1. The Kier molecular flexibility index (Phi) is 7.56. The van der Waals surface area contributed by atoms with Gasteiger partial charge in [-0.1, -0.05) is 23.7 Å². The third kappa shape index (κ3) is 5.35. The number of hydrogen-bond acceptors (Lipinski definition) is 9. The maximum absolute atomic E-state index is 16.9. The molecule has 8 rings (SSSR count). The van der Waals surface area contributed by atoms with Crippen molar-refractivity contribution in [3.63, 3.8) is 0 Å². The molecule has 4 aliphatic heterocycles. The minimum Gasteiger partial charge on any atom is -0.508 e. The molecule has 2 aromatic carbocycles. The number of fused-ring (bicyclic) bond motifs is 5. The van der Waals surface area contributed by atoms with Gasteiger partial charge in [-0.2, -0.15) is 9.97 Å². The van der Waals surface area contributed by atoms with Crippen LogP contribution in [0, 0.1) is 5.82 Å². The predicted octanol–water partition coefficient (Wildman–Crippen LogP) is 6.94. The summed E-state index contributed by atoms with van der Waals surface area (Å²) in [5.41, 5.74) is -0.165. The van der Waals surface area contributed by atoms with E-state index in [2.05, 4.69) is 19.8 Å². The average molecular weight is 675 g/mol. The quantitative estimate of drug-likeness (QED) is 0.241. The van der Waals surface area contributed by atoms with Gasteiger partial charge in [0, 0.05) is 35.3 Å². The lowest BCUT2D eigenvalue weighted by Gasteiger charge is -2.42. The van der Waals surface area contributed by atoms with Crippen molar-refractivity contribution in [1.82, 2.24) is 24.8 Å². The fourth-order valence-electron chi connectivity index (χ4n) is 8.42. The van der Waals surface area contributed by atoms with E-state index in [-0.39, 0.29) is 46.7 Å². The fraction of sp³-hybridized carbons (Fsp3) is 0.500. The lowest BCUT2D eigenvalue weighted by Crippen LogP contribution is -2.57. The summed E-state index contributed by atoms with van der Waals surface area (Å²) in [5.74, 6) is -0.145. The van der Waals surface area contributed by atoms with Gasteiger partial charge in [-0.05, 0) is 96.0 Å². The van der Waals surface area contributed by atoms with Crippen molar-refractivity contribution in [1.29, 1.82) is 0 Å². The molecular formula is C36H40ClFN6O4. The number of hydrogen-bond donors (Lipinski definition) is 1. The lowest BCUT2D eigenvalue weighted by atomic mass is 9.95. The van der Waals surface area contributed by atoms with Crippen LogP contribution in [0.25, 0.3) is 32.9 Å². The third-order valence-corrected chi connectivity index (χ3v) is 10.8. The van der Waals surface area contributed by atoms with Crippen molar-refractivity contribution in [3.8, 4) is 23.0 Å². The first-order valence-electron chi connectivity index (χ1n) is 16.9. The molecule has 252 valence electrons. The number of benzene rings is 2. The van der Waals surface area contributed by atoms with E-state index in [0.717, 1.165) is 51.6 Å². The monoisotopic (exact) mass is 674 g/mol. The van der Waals surface area contributed by atoms with Crippen LogP contribution in [0.3, 0.4) is 0 Å². The molecule has 10 nitrogen and oxygen atoms in total. The Labute approximate surface area is 283 Å². The Balaban J connectivity index is 1.21. The zero-order chi connectivity index (χ0) is 33.4. The topological polar surface area (TPSA) is 104 Å². The van der Waals surface area contributed by atoms with Crippen LogP contribution >= 0.6 is 11.6 Å². The summed E-state index contributed by atoms with van der Waals surface area (Å²) in [4.78, 5) is 33.9. The van der Waals surface area contributed by atoms with E-state index in [4.69, 9.17) is 26.1 Å². The number of nitrogens with zero attached hydrogens (tertiary/aromatic N) is 6. The third-order valence-electron chi connectivity index (χ3n) is 10.5. The number of amides is 1.